The SMILES string of the molecule is CCCCOB([C@H](CC(C)C)NC(=O)[C@H](Cc1ccccc1)NC(=O)c1cnccn1)N(C)CCCOC. The van der Waals surface area contributed by atoms with Gasteiger partial charge < -0.3 is 24.8 Å². The van der Waals surface area contributed by atoms with Crippen molar-refractivity contribution >= 4 is 18.9 Å². The highest BCUT2D eigenvalue weighted by Gasteiger charge is 2.36. The zero-order valence-electron chi connectivity index (χ0n) is 23.6. The fraction of sp³-hybridized carbons (Fsp3) is 0.571. The molecule has 0 bridgehead atoms. The summed E-state index contributed by atoms with van der Waals surface area (Å²) in [7, 11) is 3.40. The first-order valence-corrected chi connectivity index (χ1v) is 13.6. The molecule has 2 amide bonds. The molecular formula is C28H44BN5O4. The molecule has 0 aliphatic carbocycles. The molecule has 0 aliphatic rings. The van der Waals surface area contributed by atoms with Crippen LogP contribution in [0.5, 0.6) is 0 Å². The highest BCUT2D eigenvalue weighted by Crippen LogP contribution is 2.14. The third kappa shape index (κ3) is 11.3. The molecule has 208 valence electrons. The topological polar surface area (TPSA) is 106 Å². The Balaban J connectivity index is 2.27. The first kappa shape index (κ1) is 31.4. The number of carbonyl (C=O) groups is 2. The lowest BCUT2D eigenvalue weighted by Gasteiger charge is -2.33. The van der Waals surface area contributed by atoms with E-state index in [9.17, 15) is 9.59 Å². The number of benzene rings is 1. The third-order valence-corrected chi connectivity index (χ3v) is 6.18. The van der Waals surface area contributed by atoms with Crippen molar-refractivity contribution in [2.75, 3.05) is 33.9 Å². The van der Waals surface area contributed by atoms with Gasteiger partial charge >= 0.3 is 7.05 Å². The lowest BCUT2D eigenvalue weighted by atomic mass is 9.67. The summed E-state index contributed by atoms with van der Waals surface area (Å²) >= 11 is 0. The van der Waals surface area contributed by atoms with Gasteiger partial charge in [0.15, 0.2) is 0 Å². The molecule has 38 heavy (non-hydrogen) atoms. The molecule has 0 radical (unpaired) electrons. The molecule has 0 unspecified atom stereocenters. The maximum atomic E-state index is 13.8. The largest absolute Gasteiger partial charge is 0.420 e. The quantitative estimate of drug-likeness (QED) is 0.228. The van der Waals surface area contributed by atoms with Crippen molar-refractivity contribution in [2.45, 2.75) is 64.9 Å². The molecular weight excluding hydrogens is 481 g/mol. The van der Waals surface area contributed by atoms with Crippen molar-refractivity contribution in [1.29, 1.82) is 0 Å². The van der Waals surface area contributed by atoms with E-state index in [0.717, 1.165) is 37.8 Å². The van der Waals surface area contributed by atoms with Crippen LogP contribution in [-0.4, -0.2) is 79.5 Å². The minimum Gasteiger partial charge on any atom is -0.420 e. The summed E-state index contributed by atoms with van der Waals surface area (Å²) in [6.07, 6.45) is 8.24. The van der Waals surface area contributed by atoms with Crippen LogP contribution in [0.1, 0.15) is 62.5 Å². The number of ether oxygens (including phenoxy) is 1. The van der Waals surface area contributed by atoms with Gasteiger partial charge in [-0.3, -0.25) is 14.6 Å². The minimum absolute atomic E-state index is 0.163. The number of hydrogen-bond donors (Lipinski definition) is 2. The van der Waals surface area contributed by atoms with Gasteiger partial charge in [0, 0.05) is 39.1 Å². The monoisotopic (exact) mass is 525 g/mol. The van der Waals surface area contributed by atoms with E-state index in [-0.39, 0.29) is 24.6 Å². The number of nitrogens with one attached hydrogen (secondary N) is 2. The molecule has 0 saturated heterocycles. The van der Waals surface area contributed by atoms with Gasteiger partial charge in [-0.2, -0.15) is 0 Å². The second-order valence-electron chi connectivity index (χ2n) is 9.99. The lowest BCUT2D eigenvalue weighted by molar-refractivity contribution is -0.123. The van der Waals surface area contributed by atoms with E-state index < -0.39 is 11.9 Å². The first-order valence-electron chi connectivity index (χ1n) is 13.6. The average molecular weight is 526 g/mol. The van der Waals surface area contributed by atoms with Gasteiger partial charge in [-0.05, 0) is 44.3 Å². The molecule has 2 aromatic rings. The summed E-state index contributed by atoms with van der Waals surface area (Å²) in [6.45, 7) is 8.42. The van der Waals surface area contributed by atoms with Crippen LogP contribution in [0.3, 0.4) is 0 Å². The molecule has 2 rings (SSSR count). The third-order valence-electron chi connectivity index (χ3n) is 6.18. The second-order valence-corrected chi connectivity index (χ2v) is 9.99. The van der Waals surface area contributed by atoms with Crippen LogP contribution in [-0.2, 0) is 20.6 Å². The highest BCUT2D eigenvalue weighted by atomic mass is 16.5. The van der Waals surface area contributed by atoms with E-state index in [2.05, 4.69) is 46.2 Å². The Bertz CT molecular complexity index is 935. The molecule has 1 aromatic heterocycles. The number of unbranched alkanes of at least 4 members (excludes halogenated alkanes) is 1. The maximum Gasteiger partial charge on any atom is 0.406 e. The van der Waals surface area contributed by atoms with Crippen molar-refractivity contribution in [1.82, 2.24) is 25.4 Å². The van der Waals surface area contributed by atoms with Gasteiger partial charge in [-0.15, -0.1) is 0 Å². The molecule has 9 nitrogen and oxygen atoms in total. The van der Waals surface area contributed by atoms with Gasteiger partial charge in [-0.25, -0.2) is 4.98 Å². The van der Waals surface area contributed by atoms with E-state index in [1.54, 1.807) is 7.11 Å². The van der Waals surface area contributed by atoms with Crippen molar-refractivity contribution in [3.05, 3.63) is 60.2 Å². The smallest absolute Gasteiger partial charge is 0.406 e. The van der Waals surface area contributed by atoms with Gasteiger partial charge in [0.25, 0.3) is 5.91 Å². The normalized spacial score (nSPS) is 12.8. The average Bonchev–Trinajstić information content (AvgIpc) is 2.91. The predicted octanol–water partition coefficient (Wildman–Crippen LogP) is 3.16. The van der Waals surface area contributed by atoms with E-state index >= 15 is 0 Å². The van der Waals surface area contributed by atoms with E-state index in [0.29, 0.717) is 25.6 Å². The number of carbonyl (C=O) groups excluding carboxylic acids is 2. The van der Waals surface area contributed by atoms with Crippen molar-refractivity contribution in [3.63, 3.8) is 0 Å². The lowest BCUT2D eigenvalue weighted by Crippen LogP contribution is -2.60. The number of amides is 2. The number of methoxy groups -OCH3 is 1. The highest BCUT2D eigenvalue weighted by molar-refractivity contribution is 6.51. The summed E-state index contributed by atoms with van der Waals surface area (Å²) in [6, 6.07) is 8.86. The Morgan fingerprint density at radius 1 is 1.08 bits per heavy atom. The number of aromatic nitrogens is 2. The molecule has 0 fully saturated rings. The van der Waals surface area contributed by atoms with Crippen LogP contribution in [0, 0.1) is 5.92 Å². The fourth-order valence-electron chi connectivity index (χ4n) is 4.23. The van der Waals surface area contributed by atoms with Crippen molar-refractivity contribution in [2.24, 2.45) is 5.92 Å². The molecule has 2 N–H and O–H groups in total. The standard InChI is InChI=1S/C28H44BN5O4/c1-6-7-18-38-29(34(4)16-11-17-37-5)26(19-22(2)3)33-27(35)24(20-23-12-9-8-10-13-23)32-28(36)25-21-30-14-15-31-25/h8-10,12-15,21-22,24,26H,6-7,11,16-20H2,1-5H3,(H,32,36)(H,33,35)/t24-,26-/m0/s1. The molecule has 0 aliphatic heterocycles. The Hall–Kier alpha value is -2.82. The van der Waals surface area contributed by atoms with Crippen LogP contribution >= 0.6 is 0 Å². The molecule has 1 aromatic carbocycles. The molecule has 0 spiro atoms. The summed E-state index contributed by atoms with van der Waals surface area (Å²) < 4.78 is 11.6. The van der Waals surface area contributed by atoms with Gasteiger partial charge in [0.1, 0.15) is 11.7 Å². The van der Waals surface area contributed by atoms with Gasteiger partial charge in [0.05, 0.1) is 12.1 Å². The maximum absolute atomic E-state index is 13.8. The molecule has 1 heterocycles. The molecule has 0 saturated carbocycles. The zero-order valence-corrected chi connectivity index (χ0v) is 23.6. The Morgan fingerprint density at radius 2 is 1.84 bits per heavy atom. The van der Waals surface area contributed by atoms with Crippen LogP contribution < -0.4 is 10.6 Å². The molecule has 2 atom stereocenters. The Morgan fingerprint density at radius 3 is 2.47 bits per heavy atom. The number of hydrogen-bond acceptors (Lipinski definition) is 7. The van der Waals surface area contributed by atoms with Gasteiger partial charge in [0.2, 0.25) is 5.91 Å². The summed E-state index contributed by atoms with van der Waals surface area (Å²) in [4.78, 5) is 36.9. The summed E-state index contributed by atoms with van der Waals surface area (Å²) in [5.41, 5.74) is 1.11. The van der Waals surface area contributed by atoms with Gasteiger partial charge in [-0.1, -0.05) is 57.5 Å². The van der Waals surface area contributed by atoms with Crippen LogP contribution in [0.2, 0.25) is 0 Å². The number of nitrogens with zero attached hydrogens (tertiary/aromatic N) is 3. The van der Waals surface area contributed by atoms with E-state index in [1.807, 2.05) is 37.4 Å². The Kier molecular flexibility index (Phi) is 14.6. The number of rotatable bonds is 18. The summed E-state index contributed by atoms with van der Waals surface area (Å²) in [5.74, 6) is -0.640. The van der Waals surface area contributed by atoms with Crippen molar-refractivity contribution in [3.8, 4) is 0 Å². The van der Waals surface area contributed by atoms with Crippen LogP contribution in [0.25, 0.3) is 0 Å². The molecule has 10 heteroatoms. The second kappa shape index (κ2) is 17.6. The fourth-order valence-corrected chi connectivity index (χ4v) is 4.23. The van der Waals surface area contributed by atoms with E-state index in [1.165, 1.54) is 18.6 Å². The predicted molar refractivity (Wildman–Crippen MR) is 151 cm³/mol. The van der Waals surface area contributed by atoms with Crippen LogP contribution in [0.15, 0.2) is 48.9 Å². The summed E-state index contributed by atoms with van der Waals surface area (Å²) in [5, 5.41) is 6.11. The van der Waals surface area contributed by atoms with Crippen molar-refractivity contribution < 1.29 is 19.0 Å². The Labute approximate surface area is 228 Å². The van der Waals surface area contributed by atoms with E-state index in [4.69, 9.17) is 9.39 Å². The first-order chi connectivity index (χ1) is 18.3. The van der Waals surface area contributed by atoms with Crippen LogP contribution in [0.4, 0.5) is 0 Å². The minimum atomic E-state index is -0.795. The zero-order chi connectivity index (χ0) is 27.8.